The number of thioether (sulfide) groups is 1. The van der Waals surface area contributed by atoms with Crippen molar-refractivity contribution < 1.29 is 9.18 Å². The van der Waals surface area contributed by atoms with Gasteiger partial charge in [0.05, 0.1) is 5.75 Å². The van der Waals surface area contributed by atoms with E-state index in [1.54, 1.807) is 0 Å². The second-order valence-corrected chi connectivity index (χ2v) is 7.60. The number of nitrogens with one attached hydrogen (secondary N) is 1. The molecular weight excluding hydrogens is 417 g/mol. The number of aromatic nitrogens is 4. The van der Waals surface area contributed by atoms with Crippen molar-refractivity contribution in [3.05, 3.63) is 88.7 Å². The predicted octanol–water partition coefficient (Wildman–Crippen LogP) is 3.30. The molecule has 0 fully saturated rings. The number of anilines is 1. The van der Waals surface area contributed by atoms with Crippen molar-refractivity contribution in [1.82, 2.24) is 19.5 Å². The van der Waals surface area contributed by atoms with Gasteiger partial charge in [-0.05, 0) is 36.2 Å². The highest BCUT2D eigenvalue weighted by atomic mass is 32.2. The van der Waals surface area contributed by atoms with E-state index in [9.17, 15) is 14.0 Å². The summed E-state index contributed by atoms with van der Waals surface area (Å²) < 4.78 is 14.6. The number of amides is 1. The number of carbonyl (C=O) groups excluding carboxylic acids is 1. The molecule has 31 heavy (non-hydrogen) atoms. The minimum atomic E-state index is -0.378. The van der Waals surface area contributed by atoms with Crippen LogP contribution in [0.2, 0.25) is 0 Å². The molecule has 9 heteroatoms. The zero-order valence-corrected chi connectivity index (χ0v) is 17.2. The molecule has 0 atom stereocenters. The summed E-state index contributed by atoms with van der Waals surface area (Å²) in [6, 6.07) is 15.3. The summed E-state index contributed by atoms with van der Waals surface area (Å²) in [5, 5.41) is 3.09. The van der Waals surface area contributed by atoms with Crippen LogP contribution < -0.4 is 10.9 Å². The highest BCUT2D eigenvalue weighted by Crippen LogP contribution is 2.18. The van der Waals surface area contributed by atoms with Crippen LogP contribution in [0.25, 0.3) is 11.2 Å². The molecule has 0 spiro atoms. The molecule has 0 aliphatic carbocycles. The van der Waals surface area contributed by atoms with Crippen molar-refractivity contribution in [1.29, 1.82) is 0 Å². The quantitative estimate of drug-likeness (QED) is 0.354. The second kappa shape index (κ2) is 9.48. The molecule has 1 N–H and O–H groups in total. The molecular formula is C22H18FN5O2S. The SMILES string of the molecule is O=C(CSc1nc2nccnc2c(=O)n1CCc1ccccc1)Nc1ccc(F)cc1. The van der Waals surface area contributed by atoms with Gasteiger partial charge in [-0.15, -0.1) is 0 Å². The van der Waals surface area contributed by atoms with Crippen molar-refractivity contribution in [2.24, 2.45) is 0 Å². The first-order valence-electron chi connectivity index (χ1n) is 9.54. The number of benzene rings is 2. The molecule has 0 unspecified atom stereocenters. The van der Waals surface area contributed by atoms with Crippen LogP contribution in [0.3, 0.4) is 0 Å². The van der Waals surface area contributed by atoms with Gasteiger partial charge in [-0.2, -0.15) is 0 Å². The lowest BCUT2D eigenvalue weighted by molar-refractivity contribution is -0.113. The third-order valence-electron chi connectivity index (χ3n) is 4.49. The van der Waals surface area contributed by atoms with Crippen LogP contribution in [0.1, 0.15) is 5.56 Å². The number of fused-ring (bicyclic) bond motifs is 1. The van der Waals surface area contributed by atoms with Gasteiger partial charge in [0, 0.05) is 24.6 Å². The van der Waals surface area contributed by atoms with E-state index in [0.29, 0.717) is 23.8 Å². The Morgan fingerprint density at radius 1 is 1.03 bits per heavy atom. The van der Waals surface area contributed by atoms with Crippen molar-refractivity contribution in [2.75, 3.05) is 11.1 Å². The minimum absolute atomic E-state index is 0.0287. The largest absolute Gasteiger partial charge is 0.325 e. The van der Waals surface area contributed by atoms with Gasteiger partial charge in [-0.25, -0.2) is 19.3 Å². The van der Waals surface area contributed by atoms with E-state index in [4.69, 9.17) is 0 Å². The van der Waals surface area contributed by atoms with Crippen LogP contribution in [-0.4, -0.2) is 31.2 Å². The van der Waals surface area contributed by atoms with Gasteiger partial charge >= 0.3 is 0 Å². The number of halogens is 1. The van der Waals surface area contributed by atoms with Crippen molar-refractivity contribution in [3.63, 3.8) is 0 Å². The summed E-state index contributed by atoms with van der Waals surface area (Å²) in [5.74, 6) is -0.642. The highest BCUT2D eigenvalue weighted by molar-refractivity contribution is 7.99. The fourth-order valence-corrected chi connectivity index (χ4v) is 3.80. The third kappa shape index (κ3) is 5.13. The summed E-state index contributed by atoms with van der Waals surface area (Å²) in [7, 11) is 0. The van der Waals surface area contributed by atoms with Crippen molar-refractivity contribution in [3.8, 4) is 0 Å². The standard InChI is InChI=1S/C22H18FN5O2S/c23-16-6-8-17(9-7-16)26-18(29)14-31-22-27-20-19(24-11-12-25-20)21(30)28(22)13-10-15-4-2-1-3-5-15/h1-9,11-12H,10,13-14H2,(H,26,29). The lowest BCUT2D eigenvalue weighted by Gasteiger charge is -2.12. The number of aryl methyl sites for hydroxylation is 1. The maximum absolute atomic E-state index is 13.0. The number of nitrogens with zero attached hydrogens (tertiary/aromatic N) is 4. The molecule has 7 nitrogen and oxygen atoms in total. The topological polar surface area (TPSA) is 89.8 Å². The average molecular weight is 435 g/mol. The predicted molar refractivity (Wildman–Crippen MR) is 117 cm³/mol. The summed E-state index contributed by atoms with van der Waals surface area (Å²) in [6.45, 7) is 0.393. The van der Waals surface area contributed by atoms with Gasteiger partial charge in [0.2, 0.25) is 5.91 Å². The minimum Gasteiger partial charge on any atom is -0.325 e. The van der Waals surface area contributed by atoms with Crippen LogP contribution in [0, 0.1) is 5.82 Å². The Balaban J connectivity index is 1.55. The molecule has 2 aromatic heterocycles. The van der Waals surface area contributed by atoms with Gasteiger partial charge in [-0.1, -0.05) is 42.1 Å². The molecule has 1 amide bonds. The fraction of sp³-hybridized carbons (Fsp3) is 0.136. The Bertz CT molecular complexity index is 1260. The lowest BCUT2D eigenvalue weighted by atomic mass is 10.1. The average Bonchev–Trinajstić information content (AvgIpc) is 2.79. The fourth-order valence-electron chi connectivity index (χ4n) is 2.98. The molecule has 0 aliphatic rings. The van der Waals surface area contributed by atoms with Gasteiger partial charge in [0.15, 0.2) is 16.3 Å². The van der Waals surface area contributed by atoms with Crippen LogP contribution in [0.15, 0.2) is 76.9 Å². The number of hydrogen-bond donors (Lipinski definition) is 1. The summed E-state index contributed by atoms with van der Waals surface area (Å²) in [6.07, 6.45) is 3.55. The molecule has 2 heterocycles. The van der Waals surface area contributed by atoms with Crippen molar-refractivity contribution in [2.45, 2.75) is 18.1 Å². The first-order chi connectivity index (χ1) is 15.1. The lowest BCUT2D eigenvalue weighted by Crippen LogP contribution is -2.26. The number of carbonyl (C=O) groups is 1. The molecule has 4 rings (SSSR count). The molecule has 0 bridgehead atoms. The molecule has 0 aliphatic heterocycles. The Morgan fingerprint density at radius 3 is 2.55 bits per heavy atom. The Kier molecular flexibility index (Phi) is 6.32. The molecule has 2 aromatic carbocycles. The van der Waals surface area contributed by atoms with E-state index < -0.39 is 0 Å². The summed E-state index contributed by atoms with van der Waals surface area (Å²) >= 11 is 1.14. The summed E-state index contributed by atoms with van der Waals surface area (Å²) in [4.78, 5) is 38.1. The van der Waals surface area contributed by atoms with E-state index in [1.807, 2.05) is 30.3 Å². The van der Waals surface area contributed by atoms with Crippen molar-refractivity contribution >= 4 is 34.5 Å². The molecule has 0 radical (unpaired) electrons. The monoisotopic (exact) mass is 435 g/mol. The van der Waals surface area contributed by atoms with Gasteiger partial charge in [0.1, 0.15) is 5.82 Å². The van der Waals surface area contributed by atoms with E-state index in [2.05, 4.69) is 20.3 Å². The zero-order chi connectivity index (χ0) is 21.6. The van der Waals surface area contributed by atoms with Gasteiger partial charge < -0.3 is 5.32 Å². The maximum Gasteiger partial charge on any atom is 0.282 e. The zero-order valence-electron chi connectivity index (χ0n) is 16.4. The van der Waals surface area contributed by atoms with Crippen LogP contribution in [0.4, 0.5) is 10.1 Å². The maximum atomic E-state index is 13.0. The van der Waals surface area contributed by atoms with E-state index in [-0.39, 0.29) is 34.2 Å². The molecule has 0 saturated carbocycles. The van der Waals surface area contributed by atoms with E-state index >= 15 is 0 Å². The Hall–Kier alpha value is -3.59. The number of rotatable bonds is 7. The third-order valence-corrected chi connectivity index (χ3v) is 5.46. The van der Waals surface area contributed by atoms with E-state index in [1.165, 1.54) is 41.2 Å². The first-order valence-corrected chi connectivity index (χ1v) is 10.5. The normalized spacial score (nSPS) is 10.9. The van der Waals surface area contributed by atoms with Gasteiger partial charge in [0.25, 0.3) is 5.56 Å². The van der Waals surface area contributed by atoms with E-state index in [0.717, 1.165) is 17.3 Å². The first kappa shape index (κ1) is 20.7. The Morgan fingerprint density at radius 2 is 1.77 bits per heavy atom. The van der Waals surface area contributed by atoms with Gasteiger partial charge in [-0.3, -0.25) is 14.2 Å². The van der Waals surface area contributed by atoms with Crippen LogP contribution >= 0.6 is 11.8 Å². The molecule has 4 aromatic rings. The summed E-state index contributed by atoms with van der Waals surface area (Å²) in [5.41, 5.74) is 1.71. The molecule has 156 valence electrons. The number of hydrogen-bond acceptors (Lipinski definition) is 6. The molecule has 0 saturated heterocycles. The van der Waals surface area contributed by atoms with Crippen LogP contribution in [0.5, 0.6) is 0 Å². The highest BCUT2D eigenvalue weighted by Gasteiger charge is 2.15. The smallest absolute Gasteiger partial charge is 0.282 e. The van der Waals surface area contributed by atoms with Crippen LogP contribution in [-0.2, 0) is 17.8 Å². The second-order valence-electron chi connectivity index (χ2n) is 6.66. The Labute approximate surface area is 181 Å².